The number of aromatic nitrogens is 2. The summed E-state index contributed by atoms with van der Waals surface area (Å²) in [5, 5.41) is 0. The molecule has 0 bridgehead atoms. The van der Waals surface area contributed by atoms with Crippen molar-refractivity contribution in [1.82, 2.24) is 9.55 Å². The molecule has 1 aliphatic rings. The van der Waals surface area contributed by atoms with Gasteiger partial charge in [0, 0.05) is 24.0 Å². The lowest BCUT2D eigenvalue weighted by molar-refractivity contribution is -0.119. The number of aryl methyl sites for hydroxylation is 1. The number of nitrogens with two attached hydrogens (primary N) is 1. The van der Waals surface area contributed by atoms with Gasteiger partial charge in [-0.15, -0.1) is 0 Å². The van der Waals surface area contributed by atoms with Crippen molar-refractivity contribution in [2.45, 2.75) is 26.3 Å². The summed E-state index contributed by atoms with van der Waals surface area (Å²) in [7, 11) is 0. The van der Waals surface area contributed by atoms with Crippen LogP contribution in [0.5, 0.6) is 0 Å². The van der Waals surface area contributed by atoms with Crippen LogP contribution in [-0.2, 0) is 24.2 Å². The van der Waals surface area contributed by atoms with Crippen LogP contribution in [0.4, 0.5) is 11.6 Å². The highest BCUT2D eigenvalue weighted by atomic mass is 16.2. The molecule has 1 aromatic carbocycles. The van der Waals surface area contributed by atoms with Crippen LogP contribution in [0, 0.1) is 0 Å². The summed E-state index contributed by atoms with van der Waals surface area (Å²) in [6, 6.07) is 9.23. The molecule has 22 heavy (non-hydrogen) atoms. The van der Waals surface area contributed by atoms with Crippen molar-refractivity contribution >= 4 is 17.5 Å². The predicted octanol–water partition coefficient (Wildman–Crippen LogP) is 0.977. The number of carbonyl (C=O) groups excluding carboxylic acids is 1. The second-order valence-corrected chi connectivity index (χ2v) is 5.31. The Morgan fingerprint density at radius 1 is 1.36 bits per heavy atom. The molecule has 0 saturated heterocycles. The van der Waals surface area contributed by atoms with Gasteiger partial charge in [-0.25, -0.2) is 4.98 Å². The van der Waals surface area contributed by atoms with Crippen molar-refractivity contribution in [2.24, 2.45) is 0 Å². The van der Waals surface area contributed by atoms with Crippen LogP contribution in [0.15, 0.2) is 35.1 Å². The van der Waals surface area contributed by atoms with E-state index in [1.165, 1.54) is 10.6 Å². The van der Waals surface area contributed by atoms with Gasteiger partial charge in [0.25, 0.3) is 5.56 Å². The third kappa shape index (κ3) is 2.47. The molecule has 0 spiro atoms. The van der Waals surface area contributed by atoms with Crippen molar-refractivity contribution < 1.29 is 4.79 Å². The minimum absolute atomic E-state index is 0.0873. The Hall–Kier alpha value is -2.63. The van der Waals surface area contributed by atoms with Crippen LogP contribution < -0.4 is 16.2 Å². The molecule has 2 heterocycles. The molecule has 0 unspecified atom stereocenters. The van der Waals surface area contributed by atoms with Gasteiger partial charge in [0.1, 0.15) is 6.54 Å². The number of benzene rings is 1. The molecule has 1 aliphatic heterocycles. The van der Waals surface area contributed by atoms with Gasteiger partial charge in [-0.3, -0.25) is 14.2 Å². The second-order valence-electron chi connectivity index (χ2n) is 5.31. The maximum absolute atomic E-state index is 12.5. The van der Waals surface area contributed by atoms with E-state index < -0.39 is 0 Å². The molecule has 6 nitrogen and oxygen atoms in total. The normalized spacial score (nSPS) is 13.2. The molecule has 0 aliphatic carbocycles. The summed E-state index contributed by atoms with van der Waals surface area (Å²) < 4.78 is 1.22. The molecule has 0 radical (unpaired) electrons. The topological polar surface area (TPSA) is 81.2 Å². The van der Waals surface area contributed by atoms with Crippen molar-refractivity contribution in [3.8, 4) is 0 Å². The average Bonchev–Trinajstić information content (AvgIpc) is 2.94. The van der Waals surface area contributed by atoms with E-state index in [1.54, 1.807) is 4.90 Å². The number of hydrogen-bond donors (Lipinski definition) is 1. The summed E-state index contributed by atoms with van der Waals surface area (Å²) in [5.41, 5.74) is 8.23. The first-order valence-electron chi connectivity index (χ1n) is 7.34. The fourth-order valence-electron chi connectivity index (χ4n) is 2.73. The lowest BCUT2D eigenvalue weighted by Crippen LogP contribution is -2.36. The average molecular weight is 298 g/mol. The summed E-state index contributed by atoms with van der Waals surface area (Å²) in [6.07, 6.45) is 1.47. The minimum Gasteiger partial charge on any atom is -0.369 e. The van der Waals surface area contributed by atoms with Gasteiger partial charge in [-0.2, -0.15) is 0 Å². The van der Waals surface area contributed by atoms with Crippen molar-refractivity contribution in [3.63, 3.8) is 0 Å². The molecule has 2 aromatic rings. The third-order valence-corrected chi connectivity index (χ3v) is 3.93. The Bertz CT molecular complexity index is 782. The van der Waals surface area contributed by atoms with Crippen LogP contribution >= 0.6 is 0 Å². The number of rotatable bonds is 3. The van der Waals surface area contributed by atoms with Gasteiger partial charge >= 0.3 is 0 Å². The van der Waals surface area contributed by atoms with E-state index >= 15 is 0 Å². The van der Waals surface area contributed by atoms with Crippen LogP contribution in [0.1, 0.15) is 18.2 Å². The highest BCUT2D eigenvalue weighted by Gasteiger charge is 2.24. The summed E-state index contributed by atoms with van der Waals surface area (Å²) >= 11 is 0. The largest absolute Gasteiger partial charge is 0.369 e. The Kier molecular flexibility index (Phi) is 3.66. The Morgan fingerprint density at radius 2 is 2.14 bits per heavy atom. The number of amides is 1. The van der Waals surface area contributed by atoms with Crippen LogP contribution in [-0.4, -0.2) is 22.0 Å². The van der Waals surface area contributed by atoms with Crippen molar-refractivity contribution in [1.29, 1.82) is 0 Å². The number of carbonyl (C=O) groups is 1. The maximum Gasteiger partial charge on any atom is 0.255 e. The van der Waals surface area contributed by atoms with Crippen molar-refractivity contribution in [3.05, 3.63) is 51.9 Å². The molecule has 2 N–H and O–H groups in total. The van der Waals surface area contributed by atoms with Gasteiger partial charge in [-0.05, 0) is 24.5 Å². The minimum atomic E-state index is -0.287. The fraction of sp³-hybridized carbons (Fsp3) is 0.312. The Morgan fingerprint density at radius 3 is 2.86 bits per heavy atom. The van der Waals surface area contributed by atoms with Gasteiger partial charge in [0.15, 0.2) is 0 Å². The summed E-state index contributed by atoms with van der Waals surface area (Å²) in [5.74, 6) is -0.0602. The van der Waals surface area contributed by atoms with Gasteiger partial charge in [0.05, 0.1) is 0 Å². The quantitative estimate of drug-likeness (QED) is 0.915. The number of nitrogen functional groups attached to an aromatic ring is 1. The lowest BCUT2D eigenvalue weighted by Gasteiger charge is -2.18. The zero-order valence-corrected chi connectivity index (χ0v) is 12.5. The zero-order chi connectivity index (χ0) is 15.7. The van der Waals surface area contributed by atoms with Gasteiger partial charge in [-0.1, -0.05) is 25.1 Å². The highest BCUT2D eigenvalue weighted by molar-refractivity contribution is 5.95. The fourth-order valence-corrected chi connectivity index (χ4v) is 2.73. The van der Waals surface area contributed by atoms with E-state index in [9.17, 15) is 9.59 Å². The standard InChI is InChI=1S/C16H18N4O2/c1-2-12-9-14(21)20(16(17)18-12)10-15(22)19-8-7-11-5-3-4-6-13(11)19/h3-6,9H,2,7-8,10H2,1H3,(H2,17,18). The van der Waals surface area contributed by atoms with Gasteiger partial charge < -0.3 is 10.6 Å². The maximum atomic E-state index is 12.5. The van der Waals surface area contributed by atoms with E-state index in [1.807, 2.05) is 31.2 Å². The molecule has 0 fully saturated rings. The third-order valence-electron chi connectivity index (χ3n) is 3.93. The van der Waals surface area contributed by atoms with Crippen LogP contribution in [0.2, 0.25) is 0 Å². The summed E-state index contributed by atoms with van der Waals surface area (Å²) in [6.45, 7) is 2.45. The molecule has 1 amide bonds. The number of nitrogens with zero attached hydrogens (tertiary/aromatic N) is 3. The Balaban J connectivity index is 1.86. The monoisotopic (exact) mass is 298 g/mol. The number of para-hydroxylation sites is 1. The molecular weight excluding hydrogens is 280 g/mol. The zero-order valence-electron chi connectivity index (χ0n) is 12.5. The second kappa shape index (κ2) is 5.63. The van der Waals surface area contributed by atoms with Crippen molar-refractivity contribution in [2.75, 3.05) is 17.2 Å². The molecule has 6 heteroatoms. The smallest absolute Gasteiger partial charge is 0.255 e. The SMILES string of the molecule is CCc1cc(=O)n(CC(=O)N2CCc3ccccc32)c(N)n1. The molecule has 1 aromatic heterocycles. The van der Waals surface area contributed by atoms with E-state index in [0.29, 0.717) is 18.7 Å². The lowest BCUT2D eigenvalue weighted by atomic mass is 10.2. The molecule has 0 atom stereocenters. The first kappa shape index (κ1) is 14.3. The number of hydrogen-bond acceptors (Lipinski definition) is 4. The first-order chi connectivity index (χ1) is 10.6. The molecule has 3 rings (SSSR count). The number of anilines is 2. The van der Waals surface area contributed by atoms with E-state index in [4.69, 9.17) is 5.73 Å². The number of fused-ring (bicyclic) bond motifs is 1. The van der Waals surface area contributed by atoms with E-state index in [-0.39, 0.29) is 24.0 Å². The molecular formula is C16H18N4O2. The van der Waals surface area contributed by atoms with E-state index in [0.717, 1.165) is 17.7 Å². The first-order valence-corrected chi connectivity index (χ1v) is 7.34. The Labute approximate surface area is 128 Å². The highest BCUT2D eigenvalue weighted by Crippen LogP contribution is 2.27. The molecule has 0 saturated carbocycles. The van der Waals surface area contributed by atoms with Gasteiger partial charge in [0.2, 0.25) is 11.9 Å². The van der Waals surface area contributed by atoms with Crippen LogP contribution in [0.25, 0.3) is 0 Å². The summed E-state index contributed by atoms with van der Waals surface area (Å²) in [4.78, 5) is 30.5. The molecule has 114 valence electrons. The van der Waals surface area contributed by atoms with Crippen LogP contribution in [0.3, 0.4) is 0 Å². The van der Waals surface area contributed by atoms with E-state index in [2.05, 4.69) is 4.98 Å². The predicted molar refractivity (Wildman–Crippen MR) is 84.8 cm³/mol.